The van der Waals surface area contributed by atoms with Crippen LogP contribution in [-0.2, 0) is 6.54 Å². The number of piperidine rings is 1. The van der Waals surface area contributed by atoms with E-state index in [4.69, 9.17) is 0 Å². The van der Waals surface area contributed by atoms with Crippen molar-refractivity contribution in [1.82, 2.24) is 20.5 Å². The first-order valence-electron chi connectivity index (χ1n) is 10.7. The maximum absolute atomic E-state index is 4.10. The Bertz CT molecular complexity index is 787. The number of hydrogen-bond donors (Lipinski definition) is 3. The van der Waals surface area contributed by atoms with Crippen molar-refractivity contribution in [1.29, 1.82) is 0 Å². The lowest BCUT2D eigenvalue weighted by atomic mass is 10.1. The molecule has 2 aromatic rings. The first-order chi connectivity index (χ1) is 13.6. The Labute approximate surface area is 170 Å². The van der Waals surface area contributed by atoms with Crippen LogP contribution in [0.4, 0.5) is 0 Å². The third-order valence-electron chi connectivity index (χ3n) is 5.69. The summed E-state index contributed by atoms with van der Waals surface area (Å²) < 4.78 is 0. The first-order valence-corrected chi connectivity index (χ1v) is 10.7. The molecule has 0 radical (unpaired) electrons. The van der Waals surface area contributed by atoms with E-state index >= 15 is 0 Å². The number of aromatic nitrogens is 1. The monoisotopic (exact) mass is 380 g/mol. The Balaban J connectivity index is 0.000000391. The van der Waals surface area contributed by atoms with E-state index in [1.54, 1.807) is 0 Å². The molecule has 3 N–H and O–H groups in total. The van der Waals surface area contributed by atoms with E-state index in [0.717, 1.165) is 31.4 Å². The molecule has 4 heteroatoms. The predicted molar refractivity (Wildman–Crippen MR) is 120 cm³/mol. The van der Waals surface area contributed by atoms with E-state index in [0.29, 0.717) is 6.04 Å². The average molecular weight is 381 g/mol. The van der Waals surface area contributed by atoms with Crippen molar-refractivity contribution in [3.05, 3.63) is 60.7 Å². The zero-order valence-electron chi connectivity index (χ0n) is 17.6. The van der Waals surface area contributed by atoms with Gasteiger partial charge in [0.15, 0.2) is 0 Å². The minimum atomic E-state index is 0.437. The van der Waals surface area contributed by atoms with Crippen LogP contribution in [0.5, 0.6) is 0 Å². The maximum atomic E-state index is 4.10. The zero-order valence-corrected chi connectivity index (χ0v) is 17.6. The Morgan fingerprint density at radius 2 is 2.11 bits per heavy atom. The van der Waals surface area contributed by atoms with Crippen molar-refractivity contribution < 1.29 is 0 Å². The summed E-state index contributed by atoms with van der Waals surface area (Å²) in [6, 6.07) is 9.10. The molecule has 1 aromatic heterocycles. The van der Waals surface area contributed by atoms with Gasteiger partial charge in [0, 0.05) is 30.3 Å². The van der Waals surface area contributed by atoms with Gasteiger partial charge in [-0.3, -0.25) is 0 Å². The minimum absolute atomic E-state index is 0.437. The number of aromatic amines is 1. The van der Waals surface area contributed by atoms with Crippen molar-refractivity contribution in [3.8, 4) is 0 Å². The molecule has 0 amide bonds. The molecule has 28 heavy (non-hydrogen) atoms. The van der Waals surface area contributed by atoms with Gasteiger partial charge >= 0.3 is 0 Å². The normalized spacial score (nSPS) is 18.9. The summed E-state index contributed by atoms with van der Waals surface area (Å²) in [4.78, 5) is 5.70. The van der Waals surface area contributed by atoms with Crippen molar-refractivity contribution in [2.24, 2.45) is 5.92 Å². The molecule has 4 rings (SSSR count). The molecule has 1 atom stereocenters. The van der Waals surface area contributed by atoms with E-state index in [2.05, 4.69) is 71.8 Å². The van der Waals surface area contributed by atoms with Crippen molar-refractivity contribution in [2.75, 3.05) is 13.1 Å². The molecular weight excluding hydrogens is 344 g/mol. The van der Waals surface area contributed by atoms with Crippen LogP contribution in [0.1, 0.15) is 50.3 Å². The van der Waals surface area contributed by atoms with Gasteiger partial charge in [-0.1, -0.05) is 51.0 Å². The lowest BCUT2D eigenvalue weighted by molar-refractivity contribution is 0.259. The molecule has 1 aliphatic heterocycles. The van der Waals surface area contributed by atoms with Crippen LogP contribution in [0.2, 0.25) is 0 Å². The Hall–Kier alpha value is -2.36. The molecule has 2 aliphatic rings. The number of rotatable bonds is 7. The topological polar surface area (TPSA) is 43.1 Å². The molecule has 1 aromatic carbocycles. The molecule has 1 saturated carbocycles. The molecule has 1 aliphatic carbocycles. The molecule has 4 nitrogen and oxygen atoms in total. The number of aryl methyl sites for hydroxylation is 1. The van der Waals surface area contributed by atoms with Crippen LogP contribution < -0.4 is 10.6 Å². The summed E-state index contributed by atoms with van der Waals surface area (Å²) in [6.07, 6.45) is 8.73. The minimum Gasteiger partial charge on any atom is -0.376 e. The lowest BCUT2D eigenvalue weighted by Gasteiger charge is -2.33. The number of nitrogens with one attached hydrogen (secondary N) is 3. The van der Waals surface area contributed by atoms with Gasteiger partial charge in [-0.25, -0.2) is 0 Å². The molecule has 2 heterocycles. The van der Waals surface area contributed by atoms with Gasteiger partial charge in [0.1, 0.15) is 0 Å². The smallest absolute Gasteiger partial charge is 0.0918 e. The largest absolute Gasteiger partial charge is 0.376 e. The van der Waals surface area contributed by atoms with Gasteiger partial charge < -0.3 is 20.5 Å². The van der Waals surface area contributed by atoms with Gasteiger partial charge in [-0.05, 0) is 55.5 Å². The van der Waals surface area contributed by atoms with Crippen molar-refractivity contribution in [3.63, 3.8) is 0 Å². The predicted octanol–water partition coefficient (Wildman–Crippen LogP) is 5.04. The second-order valence-electron chi connectivity index (χ2n) is 8.23. The number of fused-ring (bicyclic) bond motifs is 1. The molecular formula is C24H36N4. The molecule has 1 saturated heterocycles. The van der Waals surface area contributed by atoms with E-state index in [-0.39, 0.29) is 0 Å². The molecule has 1 unspecified atom stereocenters. The van der Waals surface area contributed by atoms with Crippen LogP contribution >= 0.6 is 0 Å². The van der Waals surface area contributed by atoms with Gasteiger partial charge in [0.2, 0.25) is 0 Å². The van der Waals surface area contributed by atoms with Crippen LogP contribution in [0.25, 0.3) is 10.9 Å². The van der Waals surface area contributed by atoms with Gasteiger partial charge in [0.25, 0.3) is 0 Å². The van der Waals surface area contributed by atoms with E-state index in [1.165, 1.54) is 54.3 Å². The van der Waals surface area contributed by atoms with Crippen LogP contribution in [-0.4, -0.2) is 29.0 Å². The van der Waals surface area contributed by atoms with Crippen LogP contribution in [0.15, 0.2) is 49.4 Å². The Morgan fingerprint density at radius 1 is 1.29 bits per heavy atom. The highest BCUT2D eigenvalue weighted by molar-refractivity contribution is 5.81. The summed E-state index contributed by atoms with van der Waals surface area (Å²) in [5.74, 6) is 2.02. The highest BCUT2D eigenvalue weighted by Gasteiger charge is 2.18. The zero-order chi connectivity index (χ0) is 19.9. The summed E-state index contributed by atoms with van der Waals surface area (Å²) in [7, 11) is 0. The summed E-state index contributed by atoms with van der Waals surface area (Å²) in [5, 5.41) is 8.12. The van der Waals surface area contributed by atoms with Gasteiger partial charge in [0.05, 0.1) is 12.4 Å². The molecule has 152 valence electrons. The number of nitrogens with zero attached hydrogens (tertiary/aromatic N) is 1. The van der Waals surface area contributed by atoms with Crippen molar-refractivity contribution >= 4 is 10.9 Å². The first kappa shape index (κ1) is 20.4. The second kappa shape index (κ2) is 9.72. The number of likely N-dealkylation sites (tertiary alicyclic amines) is 1. The standard InChI is InChI=1S/C19H26N4.C5H10/c1-4-23-9-5-6-17(13-23)21-15(3)20-12-18-11-16-10-14(2)7-8-19(16)22-18;1-2-5-3-4-5/h4,7-8,10-11,17,20-22H,1,3,5-6,9,12-13H2,2H3;5H,2-4H2,1H3. The second-order valence-corrected chi connectivity index (χ2v) is 8.23. The Morgan fingerprint density at radius 3 is 2.79 bits per heavy atom. The summed E-state index contributed by atoms with van der Waals surface area (Å²) in [6.45, 7) is 15.2. The van der Waals surface area contributed by atoms with E-state index < -0.39 is 0 Å². The van der Waals surface area contributed by atoms with Gasteiger partial charge in [-0.2, -0.15) is 0 Å². The summed E-state index contributed by atoms with van der Waals surface area (Å²) in [5.41, 5.74) is 3.64. The molecule has 0 bridgehead atoms. The third-order valence-corrected chi connectivity index (χ3v) is 5.69. The van der Waals surface area contributed by atoms with Crippen LogP contribution in [0.3, 0.4) is 0 Å². The lowest BCUT2D eigenvalue weighted by Crippen LogP contribution is -2.44. The fraction of sp³-hybridized carbons (Fsp3) is 0.500. The van der Waals surface area contributed by atoms with Crippen molar-refractivity contribution in [2.45, 2.75) is 58.5 Å². The SMILES string of the molecule is C=CN1CCCC(NC(=C)NCc2cc3cc(C)ccc3[nH]2)C1.CCC1CC1. The Kier molecular flexibility index (Phi) is 7.07. The molecule has 2 fully saturated rings. The highest BCUT2D eigenvalue weighted by Crippen LogP contribution is 2.31. The highest BCUT2D eigenvalue weighted by atomic mass is 15.2. The third kappa shape index (κ3) is 6.08. The quantitative estimate of drug-likeness (QED) is 0.630. The van der Waals surface area contributed by atoms with Crippen LogP contribution in [0, 0.1) is 12.8 Å². The summed E-state index contributed by atoms with van der Waals surface area (Å²) >= 11 is 0. The fourth-order valence-corrected chi connectivity index (χ4v) is 3.72. The van der Waals surface area contributed by atoms with E-state index in [1.807, 2.05) is 6.20 Å². The number of benzene rings is 1. The number of hydrogen-bond acceptors (Lipinski definition) is 3. The van der Waals surface area contributed by atoms with Gasteiger partial charge in [-0.15, -0.1) is 0 Å². The maximum Gasteiger partial charge on any atom is 0.0918 e. The number of H-pyrrole nitrogens is 1. The average Bonchev–Trinajstić information content (AvgIpc) is 3.46. The van der Waals surface area contributed by atoms with E-state index in [9.17, 15) is 0 Å². The molecule has 0 spiro atoms. The fourth-order valence-electron chi connectivity index (χ4n) is 3.72.